The minimum absolute atomic E-state index is 0.0637. The molecule has 3 rings (SSSR count). The number of nitrogens with one attached hydrogen (secondary N) is 1. The van der Waals surface area contributed by atoms with Gasteiger partial charge in [-0.05, 0) is 61.8 Å². The fourth-order valence-electron chi connectivity index (χ4n) is 2.98. The monoisotopic (exact) mass is 341 g/mol. The smallest absolute Gasteiger partial charge is 0.255 e. The first-order valence-corrected chi connectivity index (χ1v) is 8.25. The summed E-state index contributed by atoms with van der Waals surface area (Å²) in [7, 11) is 0. The number of likely N-dealkylation sites (tertiary alicyclic amines) is 1. The summed E-state index contributed by atoms with van der Waals surface area (Å²) >= 11 is 0. The largest absolute Gasteiger partial charge is 0.366 e. The van der Waals surface area contributed by atoms with Crippen LogP contribution in [0.1, 0.15) is 39.1 Å². The second-order valence-electron chi connectivity index (χ2n) is 6.20. The van der Waals surface area contributed by atoms with Crippen LogP contribution in [-0.4, -0.2) is 29.8 Å². The number of halogens is 1. The fraction of sp³-hybridized carbons (Fsp3) is 0.263. The molecule has 2 amide bonds. The van der Waals surface area contributed by atoms with Crippen LogP contribution in [0.3, 0.4) is 0 Å². The predicted molar refractivity (Wildman–Crippen MR) is 93.8 cm³/mol. The van der Waals surface area contributed by atoms with Gasteiger partial charge in [0.1, 0.15) is 5.82 Å². The van der Waals surface area contributed by atoms with Gasteiger partial charge in [0.05, 0.1) is 5.69 Å². The zero-order valence-electron chi connectivity index (χ0n) is 13.8. The molecule has 0 aromatic heterocycles. The normalized spacial score (nSPS) is 14.4. The summed E-state index contributed by atoms with van der Waals surface area (Å²) < 4.78 is 13.9. The second kappa shape index (κ2) is 7.44. The van der Waals surface area contributed by atoms with E-state index >= 15 is 0 Å². The Morgan fingerprint density at radius 2 is 1.84 bits per heavy atom. The maximum absolute atomic E-state index is 13.9. The zero-order valence-corrected chi connectivity index (χ0v) is 13.8. The molecule has 5 nitrogen and oxygen atoms in total. The third kappa shape index (κ3) is 4.22. The summed E-state index contributed by atoms with van der Waals surface area (Å²) in [5.41, 5.74) is 6.76. The fourth-order valence-corrected chi connectivity index (χ4v) is 2.98. The molecule has 0 atom stereocenters. The van der Waals surface area contributed by atoms with Crippen molar-refractivity contribution in [3.05, 3.63) is 65.0 Å². The number of amides is 2. The van der Waals surface area contributed by atoms with Crippen LogP contribution >= 0.6 is 0 Å². The van der Waals surface area contributed by atoms with E-state index < -0.39 is 17.6 Å². The maximum Gasteiger partial charge on any atom is 0.255 e. The minimum Gasteiger partial charge on any atom is -0.366 e. The predicted octanol–water partition coefficient (Wildman–Crippen LogP) is 2.77. The average molecular weight is 341 g/mol. The summed E-state index contributed by atoms with van der Waals surface area (Å²) in [6.07, 6.45) is 2.41. The Hall–Kier alpha value is -2.73. The molecule has 1 saturated heterocycles. The van der Waals surface area contributed by atoms with Crippen LogP contribution in [0.25, 0.3) is 0 Å². The highest BCUT2D eigenvalue weighted by Gasteiger charge is 2.14. The lowest BCUT2D eigenvalue weighted by Crippen LogP contribution is -2.19. The van der Waals surface area contributed by atoms with Crippen molar-refractivity contribution in [3.8, 4) is 0 Å². The van der Waals surface area contributed by atoms with E-state index in [9.17, 15) is 14.0 Å². The van der Waals surface area contributed by atoms with Crippen molar-refractivity contribution in [2.45, 2.75) is 19.4 Å². The Bertz CT molecular complexity index is 801. The molecule has 0 spiro atoms. The van der Waals surface area contributed by atoms with Gasteiger partial charge in [-0.1, -0.05) is 12.1 Å². The number of hydrogen-bond donors (Lipinski definition) is 2. The van der Waals surface area contributed by atoms with Gasteiger partial charge >= 0.3 is 0 Å². The molecule has 1 aliphatic heterocycles. The lowest BCUT2D eigenvalue weighted by atomic mass is 10.1. The van der Waals surface area contributed by atoms with Gasteiger partial charge in [-0.15, -0.1) is 0 Å². The van der Waals surface area contributed by atoms with Gasteiger partial charge in [-0.25, -0.2) is 4.39 Å². The number of nitrogens with two attached hydrogens (primary N) is 1. The van der Waals surface area contributed by atoms with E-state index in [1.165, 1.54) is 25.0 Å². The van der Waals surface area contributed by atoms with Crippen LogP contribution in [0.2, 0.25) is 0 Å². The molecule has 0 bridgehead atoms. The summed E-state index contributed by atoms with van der Waals surface area (Å²) in [4.78, 5) is 26.0. The third-order valence-electron chi connectivity index (χ3n) is 4.29. The van der Waals surface area contributed by atoms with Crippen LogP contribution in [0.15, 0.2) is 42.5 Å². The van der Waals surface area contributed by atoms with E-state index in [2.05, 4.69) is 10.2 Å². The third-order valence-corrected chi connectivity index (χ3v) is 4.29. The molecular weight excluding hydrogens is 321 g/mol. The highest BCUT2D eigenvalue weighted by Crippen LogP contribution is 2.18. The number of carbonyl (C=O) groups is 2. The maximum atomic E-state index is 13.9. The molecule has 1 fully saturated rings. The van der Waals surface area contributed by atoms with Crippen LogP contribution in [0.5, 0.6) is 0 Å². The molecule has 2 aromatic carbocycles. The van der Waals surface area contributed by atoms with Crippen molar-refractivity contribution >= 4 is 17.5 Å². The Morgan fingerprint density at radius 1 is 1.08 bits per heavy atom. The number of nitrogens with zero attached hydrogens (tertiary/aromatic N) is 1. The van der Waals surface area contributed by atoms with Crippen molar-refractivity contribution in [3.63, 3.8) is 0 Å². The Balaban J connectivity index is 1.75. The van der Waals surface area contributed by atoms with Crippen molar-refractivity contribution in [2.75, 3.05) is 18.4 Å². The zero-order chi connectivity index (χ0) is 17.8. The van der Waals surface area contributed by atoms with Gasteiger partial charge in [0.25, 0.3) is 5.91 Å². The van der Waals surface area contributed by atoms with Gasteiger partial charge in [0.2, 0.25) is 5.91 Å². The van der Waals surface area contributed by atoms with Crippen molar-refractivity contribution < 1.29 is 14.0 Å². The topological polar surface area (TPSA) is 75.4 Å². The molecule has 0 unspecified atom stereocenters. The SMILES string of the molecule is NC(=O)c1ccc(F)c(NC(=O)c2cccc(CN3CCCC3)c2)c1. The molecule has 0 saturated carbocycles. The van der Waals surface area contributed by atoms with Crippen LogP contribution < -0.4 is 11.1 Å². The molecule has 130 valence electrons. The van der Waals surface area contributed by atoms with Crippen molar-refractivity contribution in [2.24, 2.45) is 5.73 Å². The van der Waals surface area contributed by atoms with E-state index in [4.69, 9.17) is 5.73 Å². The summed E-state index contributed by atoms with van der Waals surface area (Å²) in [6, 6.07) is 10.9. The summed E-state index contributed by atoms with van der Waals surface area (Å²) in [5.74, 6) is -1.72. The molecule has 1 heterocycles. The van der Waals surface area contributed by atoms with Crippen molar-refractivity contribution in [1.29, 1.82) is 0 Å². The van der Waals surface area contributed by atoms with Gasteiger partial charge in [-0.2, -0.15) is 0 Å². The molecule has 6 heteroatoms. The quantitative estimate of drug-likeness (QED) is 0.878. The second-order valence-corrected chi connectivity index (χ2v) is 6.20. The number of primary amides is 1. The summed E-state index contributed by atoms with van der Waals surface area (Å²) in [6.45, 7) is 2.94. The van der Waals surface area contributed by atoms with Gasteiger partial charge in [0, 0.05) is 17.7 Å². The van der Waals surface area contributed by atoms with Crippen LogP contribution in [0.4, 0.5) is 10.1 Å². The molecule has 2 aromatic rings. The average Bonchev–Trinajstić information content (AvgIpc) is 3.09. The molecule has 3 N–H and O–H groups in total. The van der Waals surface area contributed by atoms with Crippen LogP contribution in [-0.2, 0) is 6.54 Å². The lowest BCUT2D eigenvalue weighted by Gasteiger charge is -2.15. The first-order valence-electron chi connectivity index (χ1n) is 8.25. The van der Waals surface area contributed by atoms with Gasteiger partial charge in [-0.3, -0.25) is 14.5 Å². The van der Waals surface area contributed by atoms with Crippen LogP contribution in [0, 0.1) is 5.82 Å². The van der Waals surface area contributed by atoms with Gasteiger partial charge in [0.15, 0.2) is 0 Å². The number of benzene rings is 2. The Morgan fingerprint density at radius 3 is 2.56 bits per heavy atom. The van der Waals surface area contributed by atoms with E-state index in [1.807, 2.05) is 18.2 Å². The number of rotatable bonds is 5. The first kappa shape index (κ1) is 17.1. The Labute approximate surface area is 145 Å². The molecule has 0 radical (unpaired) electrons. The Kier molecular flexibility index (Phi) is 5.09. The van der Waals surface area contributed by atoms with E-state index in [1.54, 1.807) is 6.07 Å². The summed E-state index contributed by atoms with van der Waals surface area (Å²) in [5, 5.41) is 2.51. The van der Waals surface area contributed by atoms with E-state index in [0.717, 1.165) is 31.3 Å². The number of carbonyl (C=O) groups excluding carboxylic acids is 2. The van der Waals surface area contributed by atoms with Crippen molar-refractivity contribution in [1.82, 2.24) is 4.90 Å². The van der Waals surface area contributed by atoms with E-state index in [0.29, 0.717) is 5.56 Å². The highest BCUT2D eigenvalue weighted by atomic mass is 19.1. The molecular formula is C19H20FN3O2. The standard InChI is InChI=1S/C19H20FN3O2/c20-16-7-6-14(18(21)24)11-17(16)22-19(25)15-5-3-4-13(10-15)12-23-8-1-2-9-23/h3-7,10-11H,1-2,8-9,12H2,(H2,21,24)(H,22,25). The highest BCUT2D eigenvalue weighted by molar-refractivity contribution is 6.05. The number of hydrogen-bond acceptors (Lipinski definition) is 3. The van der Waals surface area contributed by atoms with E-state index in [-0.39, 0.29) is 11.3 Å². The first-order chi connectivity index (χ1) is 12.0. The lowest BCUT2D eigenvalue weighted by molar-refractivity contribution is 0.0996. The minimum atomic E-state index is -0.678. The van der Waals surface area contributed by atoms with Gasteiger partial charge < -0.3 is 11.1 Å². The molecule has 0 aliphatic carbocycles. The molecule has 1 aliphatic rings. The molecule has 25 heavy (non-hydrogen) atoms. The number of anilines is 1.